The number of aryl methyl sites for hydroxylation is 2. The van der Waals surface area contributed by atoms with Gasteiger partial charge in [0.2, 0.25) is 5.13 Å². The maximum absolute atomic E-state index is 13.2. The van der Waals surface area contributed by atoms with Crippen LogP contribution in [0.4, 0.5) is 5.13 Å². The van der Waals surface area contributed by atoms with E-state index in [-0.39, 0.29) is 11.3 Å². The predicted molar refractivity (Wildman–Crippen MR) is 125 cm³/mol. The van der Waals surface area contributed by atoms with Crippen LogP contribution in [0.3, 0.4) is 0 Å². The minimum absolute atomic E-state index is 0.0445. The van der Waals surface area contributed by atoms with E-state index < -0.39 is 17.7 Å². The molecular weight excluding hydrogens is 422 g/mol. The van der Waals surface area contributed by atoms with Crippen LogP contribution in [0.1, 0.15) is 27.7 Å². The zero-order chi connectivity index (χ0) is 22.4. The molecule has 7 heteroatoms. The molecule has 1 aliphatic rings. The third-order valence-electron chi connectivity index (χ3n) is 5.61. The van der Waals surface area contributed by atoms with Gasteiger partial charge in [-0.25, -0.2) is 0 Å². The van der Waals surface area contributed by atoms with Crippen molar-refractivity contribution in [3.63, 3.8) is 0 Å². The molecule has 0 spiro atoms. The number of fused-ring (bicyclic) bond motifs is 1. The highest BCUT2D eigenvalue weighted by Crippen LogP contribution is 2.44. The molecule has 1 fully saturated rings. The summed E-state index contributed by atoms with van der Waals surface area (Å²) in [4.78, 5) is 27.8. The van der Waals surface area contributed by atoms with E-state index in [1.54, 1.807) is 19.1 Å². The van der Waals surface area contributed by atoms with Crippen LogP contribution in [-0.2, 0) is 9.59 Å². The molecule has 158 valence electrons. The van der Waals surface area contributed by atoms with Crippen LogP contribution in [0, 0.1) is 13.8 Å². The summed E-state index contributed by atoms with van der Waals surface area (Å²) in [5, 5.41) is 22.3. The van der Waals surface area contributed by atoms with E-state index >= 15 is 0 Å². The molecule has 0 radical (unpaired) electrons. The maximum Gasteiger partial charge on any atom is 0.301 e. The molecule has 4 aromatic rings. The summed E-state index contributed by atoms with van der Waals surface area (Å²) in [6.45, 7) is 3.73. The van der Waals surface area contributed by atoms with Crippen molar-refractivity contribution >= 4 is 44.7 Å². The van der Waals surface area contributed by atoms with Crippen molar-refractivity contribution < 1.29 is 14.7 Å². The lowest BCUT2D eigenvalue weighted by molar-refractivity contribution is -0.132. The molecule has 0 unspecified atom stereocenters. The highest BCUT2D eigenvalue weighted by atomic mass is 32.1. The van der Waals surface area contributed by atoms with Gasteiger partial charge in [-0.2, -0.15) is 0 Å². The number of benzene rings is 3. The van der Waals surface area contributed by atoms with Crippen molar-refractivity contribution in [2.75, 3.05) is 4.90 Å². The normalized spacial score (nSPS) is 17.9. The molecule has 5 rings (SSSR count). The van der Waals surface area contributed by atoms with Crippen LogP contribution < -0.4 is 4.90 Å². The summed E-state index contributed by atoms with van der Waals surface area (Å²) in [6.07, 6.45) is 0. The molecule has 0 bridgehead atoms. The minimum atomic E-state index is -0.824. The molecule has 1 saturated heterocycles. The molecule has 2 heterocycles. The molecule has 0 saturated carbocycles. The van der Waals surface area contributed by atoms with Crippen LogP contribution in [0.25, 0.3) is 16.5 Å². The van der Waals surface area contributed by atoms with E-state index in [0.29, 0.717) is 15.7 Å². The number of aliphatic hydroxyl groups is 1. The van der Waals surface area contributed by atoms with Gasteiger partial charge in [-0.3, -0.25) is 14.5 Å². The average molecular weight is 442 g/mol. The second-order valence-corrected chi connectivity index (χ2v) is 8.87. The van der Waals surface area contributed by atoms with E-state index in [0.717, 1.165) is 21.9 Å². The zero-order valence-electron chi connectivity index (χ0n) is 17.4. The number of amides is 1. The van der Waals surface area contributed by atoms with Crippen molar-refractivity contribution in [1.82, 2.24) is 10.2 Å². The van der Waals surface area contributed by atoms with E-state index in [9.17, 15) is 14.7 Å². The Kier molecular flexibility index (Phi) is 4.83. The fourth-order valence-electron chi connectivity index (χ4n) is 4.06. The molecule has 6 nitrogen and oxygen atoms in total. The molecule has 32 heavy (non-hydrogen) atoms. The van der Waals surface area contributed by atoms with Crippen molar-refractivity contribution in [2.45, 2.75) is 19.9 Å². The number of ketones is 1. The van der Waals surface area contributed by atoms with Gasteiger partial charge >= 0.3 is 5.91 Å². The lowest BCUT2D eigenvalue weighted by atomic mass is 9.91. The molecule has 1 aliphatic heterocycles. The Morgan fingerprint density at radius 3 is 2.38 bits per heavy atom. The first-order valence-corrected chi connectivity index (χ1v) is 10.9. The summed E-state index contributed by atoms with van der Waals surface area (Å²) in [6, 6.07) is 19.9. The van der Waals surface area contributed by atoms with Crippen LogP contribution in [0.2, 0.25) is 0 Å². The van der Waals surface area contributed by atoms with Crippen molar-refractivity contribution in [2.24, 2.45) is 0 Å². The van der Waals surface area contributed by atoms with E-state index in [4.69, 9.17) is 0 Å². The van der Waals surface area contributed by atoms with Gasteiger partial charge in [-0.05, 0) is 30.2 Å². The fourth-order valence-corrected chi connectivity index (χ4v) is 4.78. The second-order valence-electron chi connectivity index (χ2n) is 7.71. The minimum Gasteiger partial charge on any atom is -0.507 e. The smallest absolute Gasteiger partial charge is 0.301 e. The van der Waals surface area contributed by atoms with E-state index in [1.807, 2.05) is 61.5 Å². The second kappa shape index (κ2) is 7.69. The first-order valence-electron chi connectivity index (χ1n) is 10.1. The largest absolute Gasteiger partial charge is 0.507 e. The Hall–Kier alpha value is -3.84. The lowest BCUT2D eigenvalue weighted by Crippen LogP contribution is -2.29. The SMILES string of the molecule is Cc1ccc(/C(O)=C2\C(=O)C(=O)N(c3nnc(C)s3)[C@H]2c2cccc3ccccc23)cc1. The third-order valence-corrected chi connectivity index (χ3v) is 6.45. The van der Waals surface area contributed by atoms with Gasteiger partial charge in [-0.1, -0.05) is 83.6 Å². The van der Waals surface area contributed by atoms with Gasteiger partial charge in [-0.15, -0.1) is 10.2 Å². The first-order chi connectivity index (χ1) is 15.5. The Balaban J connectivity index is 1.80. The standard InChI is InChI=1S/C25H19N3O3S/c1-14-10-12-17(13-11-14)22(29)20-21(19-9-5-7-16-6-3-4-8-18(16)19)28(24(31)23(20)30)25-27-26-15(2)32-25/h3-13,21,29H,1-2H3/b22-20+/t21-/m0/s1. The topological polar surface area (TPSA) is 83.4 Å². The van der Waals surface area contributed by atoms with Gasteiger partial charge < -0.3 is 5.11 Å². The van der Waals surface area contributed by atoms with Crippen molar-refractivity contribution in [3.8, 4) is 0 Å². The van der Waals surface area contributed by atoms with Gasteiger partial charge in [0.25, 0.3) is 5.78 Å². The number of hydrogen-bond acceptors (Lipinski definition) is 6. The summed E-state index contributed by atoms with van der Waals surface area (Å²) in [7, 11) is 0. The number of anilines is 1. The summed E-state index contributed by atoms with van der Waals surface area (Å²) < 4.78 is 0. The van der Waals surface area contributed by atoms with Gasteiger partial charge in [0.05, 0.1) is 11.6 Å². The summed E-state index contributed by atoms with van der Waals surface area (Å²) in [5.41, 5.74) is 2.29. The number of carbonyl (C=O) groups excluding carboxylic acids is 2. The Morgan fingerprint density at radius 1 is 0.938 bits per heavy atom. The number of rotatable bonds is 3. The Morgan fingerprint density at radius 2 is 1.66 bits per heavy atom. The predicted octanol–water partition coefficient (Wildman–Crippen LogP) is 4.93. The molecule has 1 amide bonds. The highest BCUT2D eigenvalue weighted by molar-refractivity contribution is 7.15. The summed E-state index contributed by atoms with van der Waals surface area (Å²) in [5.74, 6) is -1.67. The highest BCUT2D eigenvalue weighted by Gasteiger charge is 2.48. The average Bonchev–Trinajstić information content (AvgIpc) is 3.34. The van der Waals surface area contributed by atoms with Gasteiger partial charge in [0.1, 0.15) is 10.8 Å². The molecule has 0 aliphatic carbocycles. The number of aliphatic hydroxyl groups excluding tert-OH is 1. The van der Waals surface area contributed by atoms with Gasteiger partial charge in [0, 0.05) is 5.56 Å². The number of hydrogen-bond donors (Lipinski definition) is 1. The molecule has 1 aromatic heterocycles. The lowest BCUT2D eigenvalue weighted by Gasteiger charge is -2.24. The molecule has 1 N–H and O–H groups in total. The quantitative estimate of drug-likeness (QED) is 0.277. The Labute approximate surface area is 188 Å². The van der Waals surface area contributed by atoms with E-state index in [1.165, 1.54) is 16.2 Å². The Bertz CT molecular complexity index is 1400. The molecular formula is C25H19N3O3S. The first kappa shape index (κ1) is 20.1. The summed E-state index contributed by atoms with van der Waals surface area (Å²) >= 11 is 1.23. The fraction of sp³-hybridized carbons (Fsp3) is 0.120. The van der Waals surface area contributed by atoms with Crippen LogP contribution >= 0.6 is 11.3 Å². The van der Waals surface area contributed by atoms with Crippen LogP contribution in [0.15, 0.2) is 72.3 Å². The molecule has 1 atom stereocenters. The third kappa shape index (κ3) is 3.18. The monoisotopic (exact) mass is 441 g/mol. The number of carbonyl (C=O) groups is 2. The van der Waals surface area contributed by atoms with E-state index in [2.05, 4.69) is 10.2 Å². The molecule has 3 aromatic carbocycles. The number of aromatic nitrogens is 2. The number of nitrogens with zero attached hydrogens (tertiary/aromatic N) is 3. The van der Waals surface area contributed by atoms with Crippen molar-refractivity contribution in [1.29, 1.82) is 0 Å². The van der Waals surface area contributed by atoms with Crippen molar-refractivity contribution in [3.05, 3.63) is 94.0 Å². The van der Waals surface area contributed by atoms with Gasteiger partial charge in [0.15, 0.2) is 0 Å². The number of Topliss-reactive ketones (excluding diaryl/α,β-unsaturated/α-hetero) is 1. The maximum atomic E-state index is 13.2. The zero-order valence-corrected chi connectivity index (χ0v) is 18.3. The van der Waals surface area contributed by atoms with Crippen LogP contribution in [0.5, 0.6) is 0 Å². The van der Waals surface area contributed by atoms with Crippen LogP contribution in [-0.4, -0.2) is 27.0 Å².